The lowest BCUT2D eigenvalue weighted by atomic mass is 9.71. The van der Waals surface area contributed by atoms with Gasteiger partial charge < -0.3 is 19.0 Å². The number of nitrogens with zero attached hydrogens (tertiary/aromatic N) is 2. The van der Waals surface area contributed by atoms with Crippen molar-refractivity contribution < 1.29 is 33.4 Å². The van der Waals surface area contributed by atoms with Crippen molar-refractivity contribution in [3.8, 4) is 11.5 Å². The fourth-order valence-corrected chi connectivity index (χ4v) is 6.58. The first-order chi connectivity index (χ1) is 17.5. The van der Waals surface area contributed by atoms with Crippen LogP contribution in [0.25, 0.3) is 0 Å². The van der Waals surface area contributed by atoms with E-state index in [1.165, 1.54) is 4.90 Å². The van der Waals surface area contributed by atoms with Crippen LogP contribution in [0.15, 0.2) is 47.6 Å². The van der Waals surface area contributed by atoms with Crippen LogP contribution >= 0.6 is 0 Å². The Balaban J connectivity index is 1.27. The van der Waals surface area contributed by atoms with E-state index in [1.807, 2.05) is 18.2 Å². The van der Waals surface area contributed by atoms with E-state index >= 15 is 0 Å². The minimum Gasteiger partial charge on any atom is -0.493 e. The van der Waals surface area contributed by atoms with Crippen LogP contribution in [0, 0.1) is 29.6 Å². The largest absolute Gasteiger partial charge is 0.493 e. The van der Waals surface area contributed by atoms with Crippen molar-refractivity contribution in [2.75, 3.05) is 25.7 Å². The Kier molecular flexibility index (Phi) is 5.24. The van der Waals surface area contributed by atoms with Crippen LogP contribution in [0.4, 0.5) is 5.69 Å². The number of esters is 1. The SMILES string of the molecule is CCOC(=O)c1ccc(N2C(=O)[C@@H]3[C@@H]4C[C@H]([C@H]5ON=C(c6ccc(OC)c(OC)c6)[C@H]45)[C@@H]3C2=O)cc1. The number of benzene rings is 2. The molecule has 2 aromatic rings. The number of hydrogen-bond donors (Lipinski definition) is 0. The average Bonchev–Trinajstić information content (AvgIpc) is 3.64. The molecule has 4 aliphatic rings. The summed E-state index contributed by atoms with van der Waals surface area (Å²) < 4.78 is 15.8. The quantitative estimate of drug-likeness (QED) is 0.453. The van der Waals surface area contributed by atoms with Gasteiger partial charge in [0.2, 0.25) is 11.8 Å². The molecule has 2 aromatic carbocycles. The molecule has 0 N–H and O–H groups in total. The lowest BCUT2D eigenvalue weighted by Gasteiger charge is -2.29. The molecule has 2 amide bonds. The zero-order chi connectivity index (χ0) is 25.1. The van der Waals surface area contributed by atoms with Gasteiger partial charge >= 0.3 is 5.97 Å². The summed E-state index contributed by atoms with van der Waals surface area (Å²) in [5.74, 6) is -0.665. The van der Waals surface area contributed by atoms with E-state index in [9.17, 15) is 14.4 Å². The number of rotatable bonds is 6. The highest BCUT2D eigenvalue weighted by Gasteiger charge is 2.70. The van der Waals surface area contributed by atoms with Gasteiger partial charge in [-0.15, -0.1) is 0 Å². The van der Waals surface area contributed by atoms with Crippen LogP contribution in [0.2, 0.25) is 0 Å². The Bertz CT molecular complexity index is 1290. The van der Waals surface area contributed by atoms with E-state index < -0.39 is 17.8 Å². The molecule has 2 aliphatic heterocycles. The summed E-state index contributed by atoms with van der Waals surface area (Å²) in [6.07, 6.45) is 0.520. The van der Waals surface area contributed by atoms with Crippen LogP contribution in [0.5, 0.6) is 11.5 Å². The Morgan fingerprint density at radius 2 is 1.67 bits per heavy atom. The predicted octanol–water partition coefficient (Wildman–Crippen LogP) is 3.06. The van der Waals surface area contributed by atoms with Gasteiger partial charge in [0.15, 0.2) is 11.5 Å². The molecule has 6 rings (SSSR count). The van der Waals surface area contributed by atoms with Gasteiger partial charge in [-0.1, -0.05) is 5.16 Å². The topological polar surface area (TPSA) is 104 Å². The normalized spacial score (nSPS) is 29.5. The maximum atomic E-state index is 13.6. The van der Waals surface area contributed by atoms with Gasteiger partial charge in [0, 0.05) is 17.4 Å². The van der Waals surface area contributed by atoms with Crippen LogP contribution in [0.1, 0.15) is 29.3 Å². The Labute approximate surface area is 207 Å². The van der Waals surface area contributed by atoms with Crippen molar-refractivity contribution in [2.24, 2.45) is 34.7 Å². The summed E-state index contributed by atoms with van der Waals surface area (Å²) in [4.78, 5) is 46.3. The van der Waals surface area contributed by atoms with E-state index in [0.29, 0.717) is 22.7 Å². The van der Waals surface area contributed by atoms with E-state index in [-0.39, 0.29) is 42.3 Å². The molecular weight excluding hydrogens is 464 g/mol. The first kappa shape index (κ1) is 22.6. The molecule has 9 nitrogen and oxygen atoms in total. The molecule has 0 unspecified atom stereocenters. The summed E-state index contributed by atoms with van der Waals surface area (Å²) in [5, 5.41) is 4.40. The maximum absolute atomic E-state index is 13.6. The van der Waals surface area contributed by atoms with Gasteiger partial charge in [-0.25, -0.2) is 4.79 Å². The third kappa shape index (κ3) is 3.08. The van der Waals surface area contributed by atoms with Gasteiger partial charge in [-0.05, 0) is 61.7 Å². The van der Waals surface area contributed by atoms with Gasteiger partial charge in [0.05, 0.1) is 49.6 Å². The molecule has 2 saturated carbocycles. The van der Waals surface area contributed by atoms with Crippen molar-refractivity contribution in [3.63, 3.8) is 0 Å². The lowest BCUT2D eigenvalue weighted by molar-refractivity contribution is -0.125. The number of hydrogen-bond acceptors (Lipinski definition) is 8. The third-order valence-corrected chi connectivity index (χ3v) is 8.01. The minimum atomic E-state index is -0.440. The van der Waals surface area contributed by atoms with Gasteiger partial charge in [-0.3, -0.25) is 14.5 Å². The molecular formula is C27H26N2O7. The number of oxime groups is 1. The van der Waals surface area contributed by atoms with Crippen LogP contribution in [-0.4, -0.2) is 50.4 Å². The molecule has 1 saturated heterocycles. The molecule has 36 heavy (non-hydrogen) atoms. The number of fused-ring (bicyclic) bond motifs is 8. The number of imide groups is 1. The fraction of sp³-hybridized carbons (Fsp3) is 0.407. The second-order valence-electron chi connectivity index (χ2n) is 9.54. The van der Waals surface area contributed by atoms with Crippen LogP contribution in [-0.2, 0) is 19.2 Å². The van der Waals surface area contributed by atoms with Gasteiger partial charge in [0.1, 0.15) is 6.10 Å². The predicted molar refractivity (Wildman–Crippen MR) is 128 cm³/mol. The molecule has 0 radical (unpaired) electrons. The zero-order valence-electron chi connectivity index (χ0n) is 20.2. The van der Waals surface area contributed by atoms with Crippen molar-refractivity contribution in [1.82, 2.24) is 0 Å². The summed E-state index contributed by atoms with van der Waals surface area (Å²) >= 11 is 0. The standard InChI is InChI=1S/C27H26N2O7/c1-4-35-27(32)13-5-8-15(9-6-13)29-25(30)20-16-12-17(21(20)26(29)31)24-22(16)23(28-36-24)14-7-10-18(33-2)19(11-14)34-3/h5-11,16-17,20-22,24H,4,12H2,1-3H3/t16-,17-,20+,21-,22-,24+/m0/s1. The number of ether oxygens (including phenoxy) is 3. The molecule has 6 atom stereocenters. The molecule has 2 heterocycles. The number of amides is 2. The third-order valence-electron chi connectivity index (χ3n) is 8.01. The second kappa shape index (κ2) is 8.36. The van der Waals surface area contributed by atoms with Crippen LogP contribution < -0.4 is 14.4 Å². The van der Waals surface area contributed by atoms with Crippen molar-refractivity contribution in [1.29, 1.82) is 0 Å². The number of carbonyl (C=O) groups excluding carboxylic acids is 3. The first-order valence-corrected chi connectivity index (χ1v) is 12.1. The fourth-order valence-electron chi connectivity index (χ4n) is 6.58. The molecule has 2 bridgehead atoms. The number of anilines is 1. The highest BCUT2D eigenvalue weighted by Crippen LogP contribution is 2.62. The Morgan fingerprint density at radius 1 is 0.972 bits per heavy atom. The smallest absolute Gasteiger partial charge is 0.338 e. The first-order valence-electron chi connectivity index (χ1n) is 12.1. The summed E-state index contributed by atoms with van der Waals surface area (Å²) in [5.41, 5.74) is 2.47. The maximum Gasteiger partial charge on any atom is 0.338 e. The molecule has 0 aromatic heterocycles. The van der Waals surface area contributed by atoms with E-state index in [4.69, 9.17) is 19.0 Å². The van der Waals surface area contributed by atoms with Crippen molar-refractivity contribution in [2.45, 2.75) is 19.4 Å². The highest BCUT2D eigenvalue weighted by atomic mass is 16.6. The van der Waals surface area contributed by atoms with E-state index in [0.717, 1.165) is 17.7 Å². The Hall–Kier alpha value is -3.88. The molecule has 186 valence electrons. The second-order valence-corrected chi connectivity index (χ2v) is 9.54. The number of methoxy groups -OCH3 is 2. The van der Waals surface area contributed by atoms with Crippen molar-refractivity contribution in [3.05, 3.63) is 53.6 Å². The molecule has 9 heteroatoms. The minimum absolute atomic E-state index is 0.0420. The summed E-state index contributed by atoms with van der Waals surface area (Å²) in [7, 11) is 3.16. The molecule has 0 spiro atoms. The van der Waals surface area contributed by atoms with Crippen molar-refractivity contribution >= 4 is 29.2 Å². The lowest BCUT2D eigenvalue weighted by Crippen LogP contribution is -2.41. The summed E-state index contributed by atoms with van der Waals surface area (Å²) in [6, 6.07) is 12.0. The highest BCUT2D eigenvalue weighted by molar-refractivity contribution is 6.23. The molecule has 2 aliphatic carbocycles. The van der Waals surface area contributed by atoms with E-state index in [2.05, 4.69) is 5.16 Å². The van der Waals surface area contributed by atoms with E-state index in [1.54, 1.807) is 45.4 Å². The van der Waals surface area contributed by atoms with Gasteiger partial charge in [0.25, 0.3) is 0 Å². The average molecular weight is 491 g/mol. The monoisotopic (exact) mass is 490 g/mol. The van der Waals surface area contributed by atoms with Gasteiger partial charge in [-0.2, -0.15) is 0 Å². The molecule has 3 fully saturated rings. The number of carbonyl (C=O) groups is 3. The van der Waals surface area contributed by atoms with Crippen LogP contribution in [0.3, 0.4) is 0 Å². The zero-order valence-corrected chi connectivity index (χ0v) is 20.2. The summed E-state index contributed by atoms with van der Waals surface area (Å²) in [6.45, 7) is 2.01. The Morgan fingerprint density at radius 3 is 2.33 bits per heavy atom.